The molecule has 460 valence electrons. The van der Waals surface area contributed by atoms with Crippen LogP contribution >= 0.6 is 17.2 Å². The zero-order chi connectivity index (χ0) is 57.8. The van der Waals surface area contributed by atoms with Gasteiger partial charge in [0.1, 0.15) is 17.2 Å². The van der Waals surface area contributed by atoms with Gasteiger partial charge in [0.15, 0.2) is 0 Å². The van der Waals surface area contributed by atoms with E-state index in [2.05, 4.69) is 96.1 Å². The lowest BCUT2D eigenvalue weighted by Gasteiger charge is -2.23. The molecule has 6 nitrogen and oxygen atoms in total. The SMILES string of the molecule is CCCCCCCCCc1ccc(OP(Oc2ccc(CCCCCCCCC)cc2CCCCCCCCC)Oc2ccc(CCCCCCCCC)cc2CCCCCCCCC)c(CCCCCCCCC)c1.OP(O)O. The molecule has 0 radical (unpaired) electrons. The predicted octanol–water partition coefficient (Wildman–Crippen LogP) is 24.4. The first-order valence-corrected chi connectivity index (χ1v) is 36.6. The van der Waals surface area contributed by atoms with Crippen molar-refractivity contribution in [2.45, 2.75) is 350 Å². The summed E-state index contributed by atoms with van der Waals surface area (Å²) in [7, 11) is -4.44. The fraction of sp³-hybridized carbons (Fsp3) is 0.750. The standard InChI is InChI=1S/C72H123O3P.H3O3P/c1-7-13-19-25-31-37-43-49-64-55-58-70(67(61-64)52-46-40-34-28-22-16-10-4)73-76(74-71-59-56-65(50-44-38-32-26-20-14-8-2)62-68(71)53-47-41-35-29-23-17-11-5)75-72-60-57-66(51-45-39-33-27-21-15-9-3)63-69(72)54-48-42-36-30-24-18-12-6;1-4(2)3/h55-63H,7-54H2,1-6H3;1-3H. The van der Waals surface area contributed by atoms with E-state index in [0.29, 0.717) is 0 Å². The molecule has 3 aromatic carbocycles. The molecule has 0 saturated heterocycles. The number of rotatable bonds is 54. The van der Waals surface area contributed by atoms with E-state index in [4.69, 9.17) is 28.3 Å². The summed E-state index contributed by atoms with van der Waals surface area (Å²) in [5.74, 6) is 2.86. The minimum Gasteiger partial charge on any atom is -0.408 e. The number of aryl methyl sites for hydroxylation is 6. The Balaban J connectivity index is 0.00000528. The van der Waals surface area contributed by atoms with E-state index in [1.54, 1.807) is 0 Å². The molecule has 0 unspecified atom stereocenters. The number of hydrogen-bond acceptors (Lipinski definition) is 6. The topological polar surface area (TPSA) is 88.4 Å². The van der Waals surface area contributed by atoms with Crippen LogP contribution in [0.1, 0.15) is 345 Å². The summed E-state index contributed by atoms with van der Waals surface area (Å²) in [5.41, 5.74) is 8.34. The lowest BCUT2D eigenvalue weighted by molar-refractivity contribution is 0.368. The molecule has 3 aromatic rings. The number of benzene rings is 3. The average molecular weight is 1150 g/mol. The average Bonchev–Trinajstić information content (AvgIpc) is 3.48. The summed E-state index contributed by atoms with van der Waals surface area (Å²) in [4.78, 5) is 21.7. The predicted molar refractivity (Wildman–Crippen MR) is 352 cm³/mol. The molecule has 0 fully saturated rings. The van der Waals surface area contributed by atoms with E-state index >= 15 is 0 Å². The minimum absolute atomic E-state index is 0.953. The molecule has 8 heteroatoms. The van der Waals surface area contributed by atoms with Crippen molar-refractivity contribution in [1.29, 1.82) is 0 Å². The molecule has 3 N–H and O–H groups in total. The fourth-order valence-electron chi connectivity index (χ4n) is 11.2. The highest BCUT2D eigenvalue weighted by Gasteiger charge is 2.25. The first-order chi connectivity index (χ1) is 39.3. The van der Waals surface area contributed by atoms with Gasteiger partial charge in [0.2, 0.25) is 0 Å². The molecule has 0 atom stereocenters. The normalized spacial score (nSPS) is 11.4. The van der Waals surface area contributed by atoms with Crippen LogP contribution < -0.4 is 13.6 Å². The molecule has 0 aliphatic carbocycles. The summed E-state index contributed by atoms with van der Waals surface area (Å²) in [6.45, 7) is 13.9. The van der Waals surface area contributed by atoms with Crippen LogP contribution in [0.4, 0.5) is 0 Å². The van der Waals surface area contributed by atoms with Gasteiger partial charge in [-0.15, -0.1) is 0 Å². The van der Waals surface area contributed by atoms with Gasteiger partial charge in [-0.3, -0.25) is 0 Å². The van der Waals surface area contributed by atoms with Gasteiger partial charge in [-0.2, -0.15) is 0 Å². The highest BCUT2D eigenvalue weighted by Crippen LogP contribution is 2.46. The summed E-state index contributed by atoms with van der Waals surface area (Å²) >= 11 is 0. The molecule has 0 bridgehead atoms. The summed E-state index contributed by atoms with van der Waals surface area (Å²) in [6, 6.07) is 21.4. The van der Waals surface area contributed by atoms with E-state index in [-0.39, 0.29) is 0 Å². The molecule has 0 saturated carbocycles. The van der Waals surface area contributed by atoms with Crippen molar-refractivity contribution in [2.75, 3.05) is 0 Å². The second-order valence-electron chi connectivity index (χ2n) is 23.8. The van der Waals surface area contributed by atoms with Crippen LogP contribution in [0.5, 0.6) is 17.2 Å². The van der Waals surface area contributed by atoms with Crippen LogP contribution in [0, 0.1) is 0 Å². The van der Waals surface area contributed by atoms with Gasteiger partial charge in [-0.1, -0.05) is 309 Å². The molecule has 0 aromatic heterocycles. The Kier molecular flexibility index (Phi) is 49.4. The highest BCUT2D eigenvalue weighted by molar-refractivity contribution is 7.43. The molecule has 0 spiro atoms. The largest absolute Gasteiger partial charge is 0.530 e. The lowest BCUT2D eigenvalue weighted by Crippen LogP contribution is -2.07. The van der Waals surface area contributed by atoms with Crippen LogP contribution in [-0.2, 0) is 38.5 Å². The van der Waals surface area contributed by atoms with E-state index in [0.717, 1.165) is 55.8 Å². The second kappa shape index (κ2) is 53.5. The first-order valence-electron chi connectivity index (χ1n) is 34.3. The van der Waals surface area contributed by atoms with E-state index in [1.807, 2.05) is 0 Å². The van der Waals surface area contributed by atoms with Crippen molar-refractivity contribution < 1.29 is 28.3 Å². The Hall–Kier alpha value is -2.20. The summed E-state index contributed by atoms with van der Waals surface area (Å²) < 4.78 is 21.9. The fourth-order valence-corrected chi connectivity index (χ4v) is 12.3. The van der Waals surface area contributed by atoms with Crippen molar-refractivity contribution >= 4 is 17.2 Å². The molecule has 0 aliphatic heterocycles. The Bertz CT molecular complexity index is 1630. The van der Waals surface area contributed by atoms with Crippen LogP contribution in [-0.4, -0.2) is 14.7 Å². The van der Waals surface area contributed by atoms with Crippen molar-refractivity contribution in [2.24, 2.45) is 0 Å². The molecule has 3 rings (SSSR count). The maximum Gasteiger partial charge on any atom is 0.530 e. The number of hydrogen-bond donors (Lipinski definition) is 3. The van der Waals surface area contributed by atoms with Crippen LogP contribution in [0.3, 0.4) is 0 Å². The van der Waals surface area contributed by atoms with Crippen molar-refractivity contribution in [3.05, 3.63) is 88.0 Å². The minimum atomic E-state index is -2.62. The molecule has 0 heterocycles. The second-order valence-corrected chi connectivity index (χ2v) is 25.4. The smallest absolute Gasteiger partial charge is 0.408 e. The van der Waals surface area contributed by atoms with Crippen LogP contribution in [0.15, 0.2) is 54.6 Å². The van der Waals surface area contributed by atoms with E-state index in [9.17, 15) is 0 Å². The monoisotopic (exact) mass is 1150 g/mol. The number of unbranched alkanes of at least 4 members (excludes halogenated alkanes) is 36. The van der Waals surface area contributed by atoms with Gasteiger partial charge >= 0.3 is 17.2 Å². The Labute approximate surface area is 498 Å². The highest BCUT2D eigenvalue weighted by atomic mass is 31.2. The lowest BCUT2D eigenvalue weighted by atomic mass is 9.99. The first kappa shape index (κ1) is 73.9. The van der Waals surface area contributed by atoms with Crippen molar-refractivity contribution in [1.82, 2.24) is 0 Å². The Morgan fingerprint density at radius 3 is 0.625 bits per heavy atom. The molecular weight excluding hydrogens is 1020 g/mol. The van der Waals surface area contributed by atoms with Gasteiger partial charge in [0, 0.05) is 0 Å². The maximum absolute atomic E-state index is 7.29. The Morgan fingerprint density at radius 2 is 0.425 bits per heavy atom. The molecule has 0 amide bonds. The van der Waals surface area contributed by atoms with Gasteiger partial charge < -0.3 is 28.3 Å². The van der Waals surface area contributed by atoms with Crippen LogP contribution in [0.2, 0.25) is 0 Å². The van der Waals surface area contributed by atoms with Crippen LogP contribution in [0.25, 0.3) is 0 Å². The van der Waals surface area contributed by atoms with Gasteiger partial charge in [-0.25, -0.2) is 0 Å². The third-order valence-corrected chi connectivity index (χ3v) is 17.3. The zero-order valence-electron chi connectivity index (χ0n) is 53.1. The maximum atomic E-state index is 7.29. The molecule has 80 heavy (non-hydrogen) atoms. The summed E-state index contributed by atoms with van der Waals surface area (Å²) in [5, 5.41) is 0. The Morgan fingerprint density at radius 1 is 0.250 bits per heavy atom. The molecular formula is C72H126O6P2. The van der Waals surface area contributed by atoms with E-state index < -0.39 is 17.2 Å². The van der Waals surface area contributed by atoms with Gasteiger partial charge in [0.25, 0.3) is 0 Å². The third kappa shape index (κ3) is 40.1. The van der Waals surface area contributed by atoms with Gasteiger partial charge in [0.05, 0.1) is 0 Å². The third-order valence-electron chi connectivity index (χ3n) is 16.2. The zero-order valence-corrected chi connectivity index (χ0v) is 54.9. The van der Waals surface area contributed by atoms with Crippen molar-refractivity contribution in [3.8, 4) is 17.2 Å². The summed E-state index contributed by atoms with van der Waals surface area (Å²) in [6.07, 6.45) is 62.1. The molecule has 0 aliphatic rings. The van der Waals surface area contributed by atoms with E-state index in [1.165, 1.54) is 303 Å². The van der Waals surface area contributed by atoms with Gasteiger partial charge in [-0.05, 0) is 129 Å². The van der Waals surface area contributed by atoms with Crippen molar-refractivity contribution in [3.63, 3.8) is 0 Å². The quantitative estimate of drug-likeness (QED) is 0.0386.